The smallest absolute Gasteiger partial charge is 0.124 e. The van der Waals surface area contributed by atoms with E-state index in [1.54, 1.807) is 6.20 Å². The van der Waals surface area contributed by atoms with E-state index in [9.17, 15) is 0 Å². The first-order valence-corrected chi connectivity index (χ1v) is 3.86. The monoisotopic (exact) mass is 199 g/mol. The first-order valence-electron chi connectivity index (χ1n) is 3.07. The van der Waals surface area contributed by atoms with Gasteiger partial charge in [0.25, 0.3) is 0 Å². The van der Waals surface area contributed by atoms with Crippen LogP contribution in [0.1, 0.15) is 11.4 Å². The first kappa shape index (κ1) is 6.24. The van der Waals surface area contributed by atoms with Crippen LogP contribution >= 0.6 is 15.9 Å². The Labute approximate surface area is 67.0 Å². The Morgan fingerprint density at radius 1 is 1.40 bits per heavy atom. The Balaban J connectivity index is 2.52. The molecule has 0 saturated carbocycles. The van der Waals surface area contributed by atoms with E-state index in [1.807, 2.05) is 0 Å². The van der Waals surface area contributed by atoms with Gasteiger partial charge in [-0.15, -0.1) is 0 Å². The minimum Gasteiger partial charge on any atom is -0.305 e. The molecule has 0 saturated heterocycles. The zero-order valence-corrected chi connectivity index (χ0v) is 6.85. The van der Waals surface area contributed by atoms with Gasteiger partial charge in [0.05, 0.1) is 17.6 Å². The van der Waals surface area contributed by atoms with Gasteiger partial charge >= 0.3 is 0 Å². The van der Waals surface area contributed by atoms with Gasteiger partial charge in [-0.05, 0) is 15.9 Å². The minimum atomic E-state index is 0.815. The average molecular weight is 200 g/mol. The molecule has 0 aliphatic carbocycles. The second kappa shape index (κ2) is 2.29. The quantitative estimate of drug-likeness (QED) is 0.674. The van der Waals surface area contributed by atoms with E-state index in [1.165, 1.54) is 0 Å². The second-order valence-corrected chi connectivity index (χ2v) is 3.00. The van der Waals surface area contributed by atoms with E-state index in [2.05, 4.69) is 31.2 Å². The number of halogens is 1. The Morgan fingerprint density at radius 3 is 3.10 bits per heavy atom. The Morgan fingerprint density at radius 2 is 2.20 bits per heavy atom. The third-order valence-corrected chi connectivity index (χ3v) is 1.87. The molecule has 0 unspecified atom stereocenters. The maximum absolute atomic E-state index is 4.25. The van der Waals surface area contributed by atoms with Crippen molar-refractivity contribution in [1.82, 2.24) is 15.3 Å². The highest BCUT2D eigenvalue weighted by Crippen LogP contribution is 2.12. The molecule has 1 aliphatic rings. The van der Waals surface area contributed by atoms with Crippen molar-refractivity contribution in [2.75, 3.05) is 0 Å². The summed E-state index contributed by atoms with van der Waals surface area (Å²) in [6.45, 7) is 1.71. The van der Waals surface area contributed by atoms with Crippen molar-refractivity contribution in [3.8, 4) is 0 Å². The SMILES string of the molecule is Brc1cnc2c(n1)CNC2. The molecule has 0 bridgehead atoms. The fourth-order valence-electron chi connectivity index (χ4n) is 1.02. The molecule has 1 aromatic rings. The summed E-state index contributed by atoms with van der Waals surface area (Å²) in [4.78, 5) is 8.43. The number of aromatic nitrogens is 2. The first-order chi connectivity index (χ1) is 4.86. The van der Waals surface area contributed by atoms with Crippen molar-refractivity contribution in [1.29, 1.82) is 0 Å². The molecule has 0 aromatic carbocycles. The topological polar surface area (TPSA) is 37.8 Å². The summed E-state index contributed by atoms with van der Waals surface area (Å²) in [6, 6.07) is 0. The number of fused-ring (bicyclic) bond motifs is 1. The Kier molecular flexibility index (Phi) is 1.43. The molecule has 0 radical (unpaired) electrons. The Bertz CT molecular complexity index is 261. The van der Waals surface area contributed by atoms with Crippen LogP contribution < -0.4 is 5.32 Å². The van der Waals surface area contributed by atoms with Gasteiger partial charge in [-0.25, -0.2) is 4.98 Å². The molecule has 1 N–H and O–H groups in total. The van der Waals surface area contributed by atoms with Crippen LogP contribution in [0.15, 0.2) is 10.8 Å². The van der Waals surface area contributed by atoms with E-state index in [0.29, 0.717) is 0 Å². The lowest BCUT2D eigenvalue weighted by Gasteiger charge is -1.93. The molecular weight excluding hydrogens is 194 g/mol. The highest BCUT2D eigenvalue weighted by atomic mass is 79.9. The lowest BCUT2D eigenvalue weighted by molar-refractivity contribution is 0.752. The summed E-state index contributed by atoms with van der Waals surface area (Å²) in [5.41, 5.74) is 2.14. The van der Waals surface area contributed by atoms with Crippen molar-refractivity contribution in [2.24, 2.45) is 0 Å². The van der Waals surface area contributed by atoms with Gasteiger partial charge in [0.2, 0.25) is 0 Å². The van der Waals surface area contributed by atoms with Gasteiger partial charge < -0.3 is 5.32 Å². The predicted octanol–water partition coefficient (Wildman–Crippen LogP) is 0.842. The molecule has 4 heteroatoms. The molecule has 2 rings (SSSR count). The van der Waals surface area contributed by atoms with Crippen molar-refractivity contribution >= 4 is 15.9 Å². The second-order valence-electron chi connectivity index (χ2n) is 2.19. The maximum atomic E-state index is 4.25. The Hall–Kier alpha value is -0.480. The number of nitrogens with zero attached hydrogens (tertiary/aromatic N) is 2. The fraction of sp³-hybridized carbons (Fsp3) is 0.333. The average Bonchev–Trinajstić information content (AvgIpc) is 2.33. The van der Waals surface area contributed by atoms with Crippen molar-refractivity contribution in [3.63, 3.8) is 0 Å². The summed E-state index contributed by atoms with van der Waals surface area (Å²) in [5, 5.41) is 3.17. The maximum Gasteiger partial charge on any atom is 0.124 e. The van der Waals surface area contributed by atoms with Gasteiger partial charge in [-0.1, -0.05) is 0 Å². The van der Waals surface area contributed by atoms with Crippen molar-refractivity contribution < 1.29 is 0 Å². The van der Waals surface area contributed by atoms with E-state index in [4.69, 9.17) is 0 Å². The van der Waals surface area contributed by atoms with Gasteiger partial charge in [-0.3, -0.25) is 4.98 Å². The van der Waals surface area contributed by atoms with Crippen LogP contribution in [0.2, 0.25) is 0 Å². The summed E-state index contributed by atoms with van der Waals surface area (Å²) >= 11 is 3.26. The molecule has 0 amide bonds. The number of rotatable bonds is 0. The molecular formula is C6H6BrN3. The molecule has 1 aromatic heterocycles. The molecule has 3 nitrogen and oxygen atoms in total. The lowest BCUT2D eigenvalue weighted by Crippen LogP contribution is -2.00. The van der Waals surface area contributed by atoms with Crippen LogP contribution in [0.25, 0.3) is 0 Å². The van der Waals surface area contributed by atoms with Gasteiger partial charge in [0.1, 0.15) is 4.60 Å². The number of hydrogen-bond acceptors (Lipinski definition) is 3. The zero-order valence-electron chi connectivity index (χ0n) is 5.26. The summed E-state index contributed by atoms with van der Waals surface area (Å²) in [5.74, 6) is 0. The third-order valence-electron chi connectivity index (χ3n) is 1.49. The summed E-state index contributed by atoms with van der Waals surface area (Å²) in [7, 11) is 0. The normalized spacial score (nSPS) is 15.3. The zero-order chi connectivity index (χ0) is 6.97. The van der Waals surface area contributed by atoms with Gasteiger partial charge in [0.15, 0.2) is 0 Å². The highest BCUT2D eigenvalue weighted by molar-refractivity contribution is 9.10. The molecule has 0 fully saturated rings. The van der Waals surface area contributed by atoms with Crippen LogP contribution in [0.5, 0.6) is 0 Å². The van der Waals surface area contributed by atoms with Crippen molar-refractivity contribution in [3.05, 3.63) is 22.2 Å². The number of nitrogens with one attached hydrogen (secondary N) is 1. The largest absolute Gasteiger partial charge is 0.305 e. The van der Waals surface area contributed by atoms with Crippen LogP contribution in [0.4, 0.5) is 0 Å². The molecule has 52 valence electrons. The molecule has 0 atom stereocenters. The molecule has 10 heavy (non-hydrogen) atoms. The summed E-state index contributed by atoms with van der Waals surface area (Å²) in [6.07, 6.45) is 1.73. The van der Waals surface area contributed by atoms with E-state index in [0.717, 1.165) is 29.1 Å². The van der Waals surface area contributed by atoms with Crippen LogP contribution in [-0.2, 0) is 13.1 Å². The minimum absolute atomic E-state index is 0.815. The van der Waals surface area contributed by atoms with E-state index < -0.39 is 0 Å². The van der Waals surface area contributed by atoms with Crippen LogP contribution in [0, 0.1) is 0 Å². The highest BCUT2D eigenvalue weighted by Gasteiger charge is 2.11. The predicted molar refractivity (Wildman–Crippen MR) is 40.3 cm³/mol. The van der Waals surface area contributed by atoms with Crippen molar-refractivity contribution in [2.45, 2.75) is 13.1 Å². The van der Waals surface area contributed by atoms with Gasteiger partial charge in [0, 0.05) is 13.1 Å². The number of hydrogen-bond donors (Lipinski definition) is 1. The fourth-order valence-corrected chi connectivity index (χ4v) is 1.33. The lowest BCUT2D eigenvalue weighted by atomic mass is 10.4. The van der Waals surface area contributed by atoms with Gasteiger partial charge in [-0.2, -0.15) is 0 Å². The molecule has 1 aliphatic heterocycles. The molecule has 2 heterocycles. The molecule has 0 spiro atoms. The summed E-state index contributed by atoms with van der Waals surface area (Å²) < 4.78 is 0.815. The van der Waals surface area contributed by atoms with Crippen LogP contribution in [0.3, 0.4) is 0 Å². The van der Waals surface area contributed by atoms with E-state index >= 15 is 0 Å². The van der Waals surface area contributed by atoms with E-state index in [-0.39, 0.29) is 0 Å². The van der Waals surface area contributed by atoms with Crippen LogP contribution in [-0.4, -0.2) is 9.97 Å². The third kappa shape index (κ3) is 0.932. The standard InChI is InChI=1S/C6H6BrN3/c7-6-3-9-4-1-8-2-5(4)10-6/h3,8H,1-2H2.